The predicted molar refractivity (Wildman–Crippen MR) is 147 cm³/mol. The van der Waals surface area contributed by atoms with E-state index in [0.717, 1.165) is 48.6 Å². The summed E-state index contributed by atoms with van der Waals surface area (Å²) in [6.07, 6.45) is 2.38. The van der Waals surface area contributed by atoms with Gasteiger partial charge in [-0.05, 0) is 87.3 Å². The monoisotopic (exact) mass is 485 g/mol. The minimum absolute atomic E-state index is 0.0864. The maximum Gasteiger partial charge on any atom is 0.251 e. The minimum Gasteiger partial charge on any atom is -0.463 e. The summed E-state index contributed by atoms with van der Waals surface area (Å²) in [7, 11) is 0. The number of amides is 1. The van der Waals surface area contributed by atoms with Crippen LogP contribution in [-0.4, -0.2) is 28.5 Å². The van der Waals surface area contributed by atoms with E-state index in [0.29, 0.717) is 12.1 Å². The summed E-state index contributed by atoms with van der Waals surface area (Å²) in [5.74, 6) is 1.64. The number of aryl methyl sites for hydroxylation is 2. The van der Waals surface area contributed by atoms with Crippen LogP contribution in [-0.2, 0) is 19.6 Å². The average Bonchev–Trinajstić information content (AvgIpc) is 3.44. The van der Waals surface area contributed by atoms with Crippen molar-refractivity contribution in [3.63, 3.8) is 0 Å². The predicted octanol–water partition coefficient (Wildman–Crippen LogP) is 6.76. The average molecular weight is 486 g/mol. The second-order valence-electron chi connectivity index (χ2n) is 9.73. The molecule has 5 heteroatoms. The van der Waals surface area contributed by atoms with E-state index in [1.54, 1.807) is 0 Å². The molecular weight excluding hydrogens is 446 g/mol. The van der Waals surface area contributed by atoms with Gasteiger partial charge in [0.2, 0.25) is 0 Å². The highest BCUT2D eigenvalue weighted by Gasteiger charge is 2.15. The Bertz CT molecular complexity index is 1330. The first-order valence-electron chi connectivity index (χ1n) is 13.1. The molecule has 4 aromatic rings. The van der Waals surface area contributed by atoms with Gasteiger partial charge >= 0.3 is 0 Å². The Morgan fingerprint density at radius 3 is 2.53 bits per heavy atom. The first-order chi connectivity index (χ1) is 17.4. The van der Waals surface area contributed by atoms with Crippen molar-refractivity contribution in [1.29, 1.82) is 0 Å². The third-order valence-electron chi connectivity index (χ3n) is 7.29. The van der Waals surface area contributed by atoms with Gasteiger partial charge in [0.05, 0.1) is 13.1 Å². The highest BCUT2D eigenvalue weighted by molar-refractivity contribution is 5.99. The zero-order chi connectivity index (χ0) is 25.7. The molecule has 0 aliphatic rings. The number of hydrogen-bond acceptors (Lipinski definition) is 3. The fourth-order valence-electron chi connectivity index (χ4n) is 4.78. The van der Waals surface area contributed by atoms with Crippen LogP contribution in [0.25, 0.3) is 10.9 Å². The van der Waals surface area contributed by atoms with Crippen LogP contribution in [0, 0.1) is 20.8 Å². The Hall–Kier alpha value is -3.31. The molecule has 0 saturated carbocycles. The molecule has 4 rings (SSSR count). The molecule has 2 aromatic heterocycles. The standard InChI is InChI=1S/C31H39N3O2/c1-6-8-17-33(7-2)21-28-15-14-27(36-28)19-32-31(35)25-13-16-30-29(18-25)23(4)24(5)34(30)20-26-12-10-9-11-22(26)3/h9-16,18H,6-8,17,19-21H2,1-5H3,(H,32,35). The minimum atomic E-state index is -0.0864. The lowest BCUT2D eigenvalue weighted by molar-refractivity contribution is 0.0947. The summed E-state index contributed by atoms with van der Waals surface area (Å²) in [6, 6.07) is 18.5. The van der Waals surface area contributed by atoms with Gasteiger partial charge < -0.3 is 14.3 Å². The lowest BCUT2D eigenvalue weighted by Gasteiger charge is -2.18. The van der Waals surface area contributed by atoms with Crippen LogP contribution in [0.2, 0.25) is 0 Å². The first-order valence-corrected chi connectivity index (χ1v) is 13.1. The normalized spacial score (nSPS) is 11.5. The fraction of sp³-hybridized carbons (Fsp3) is 0.387. The van der Waals surface area contributed by atoms with Crippen LogP contribution >= 0.6 is 0 Å². The number of nitrogens with one attached hydrogen (secondary N) is 1. The van der Waals surface area contributed by atoms with E-state index in [9.17, 15) is 4.79 Å². The molecule has 0 spiro atoms. The molecule has 1 N–H and O–H groups in total. The number of nitrogens with zero attached hydrogens (tertiary/aromatic N) is 2. The zero-order valence-corrected chi connectivity index (χ0v) is 22.4. The van der Waals surface area contributed by atoms with E-state index < -0.39 is 0 Å². The largest absolute Gasteiger partial charge is 0.463 e. The molecule has 190 valence electrons. The molecule has 0 radical (unpaired) electrons. The highest BCUT2D eigenvalue weighted by Crippen LogP contribution is 2.28. The Morgan fingerprint density at radius 1 is 1.00 bits per heavy atom. The second kappa shape index (κ2) is 11.6. The number of unbranched alkanes of at least 4 members (excludes halogenated alkanes) is 1. The van der Waals surface area contributed by atoms with E-state index in [4.69, 9.17) is 4.42 Å². The number of carbonyl (C=O) groups excluding carboxylic acids is 1. The van der Waals surface area contributed by atoms with Crippen LogP contribution < -0.4 is 5.32 Å². The first kappa shape index (κ1) is 25.8. The van der Waals surface area contributed by atoms with Crippen molar-refractivity contribution in [2.75, 3.05) is 13.1 Å². The van der Waals surface area contributed by atoms with Gasteiger partial charge in [-0.3, -0.25) is 9.69 Å². The molecule has 0 fully saturated rings. The maximum absolute atomic E-state index is 13.0. The van der Waals surface area contributed by atoms with Crippen molar-refractivity contribution >= 4 is 16.8 Å². The number of rotatable bonds is 11. The van der Waals surface area contributed by atoms with E-state index in [1.165, 1.54) is 35.2 Å². The van der Waals surface area contributed by atoms with Crippen molar-refractivity contribution in [3.05, 3.63) is 94.1 Å². The summed E-state index contributed by atoms with van der Waals surface area (Å²) in [5, 5.41) is 4.16. The smallest absolute Gasteiger partial charge is 0.251 e. The third-order valence-corrected chi connectivity index (χ3v) is 7.29. The van der Waals surface area contributed by atoms with Crippen molar-refractivity contribution in [3.8, 4) is 0 Å². The molecule has 0 atom stereocenters. The van der Waals surface area contributed by atoms with Gasteiger partial charge in [0.1, 0.15) is 11.5 Å². The van der Waals surface area contributed by atoms with Crippen molar-refractivity contribution in [1.82, 2.24) is 14.8 Å². The van der Waals surface area contributed by atoms with Gasteiger partial charge in [-0.25, -0.2) is 0 Å². The third kappa shape index (κ3) is 5.73. The van der Waals surface area contributed by atoms with Gasteiger partial charge in [0, 0.05) is 28.7 Å². The molecule has 1 amide bonds. The molecule has 2 heterocycles. The van der Waals surface area contributed by atoms with Gasteiger partial charge in [0.15, 0.2) is 0 Å². The van der Waals surface area contributed by atoms with Crippen molar-refractivity contribution in [2.24, 2.45) is 0 Å². The van der Waals surface area contributed by atoms with Crippen LogP contribution in [0.15, 0.2) is 59.0 Å². The van der Waals surface area contributed by atoms with E-state index in [2.05, 4.69) is 79.7 Å². The van der Waals surface area contributed by atoms with Crippen LogP contribution in [0.4, 0.5) is 0 Å². The topological polar surface area (TPSA) is 50.4 Å². The summed E-state index contributed by atoms with van der Waals surface area (Å²) in [4.78, 5) is 15.4. The number of aromatic nitrogens is 1. The number of furan rings is 1. The Kier molecular flexibility index (Phi) is 8.32. The highest BCUT2D eigenvalue weighted by atomic mass is 16.3. The molecule has 0 bridgehead atoms. The lowest BCUT2D eigenvalue weighted by Crippen LogP contribution is -2.23. The Balaban J connectivity index is 1.44. The summed E-state index contributed by atoms with van der Waals surface area (Å²) in [5.41, 5.74) is 6.87. The number of carbonyl (C=O) groups is 1. The summed E-state index contributed by atoms with van der Waals surface area (Å²) < 4.78 is 8.34. The molecular formula is C31H39N3O2. The van der Waals surface area contributed by atoms with Crippen molar-refractivity contribution in [2.45, 2.75) is 67.1 Å². The Labute approximate surface area is 215 Å². The molecule has 0 aliphatic heterocycles. The Morgan fingerprint density at radius 2 is 1.78 bits per heavy atom. The quantitative estimate of drug-likeness (QED) is 0.255. The number of benzene rings is 2. The van der Waals surface area contributed by atoms with E-state index in [-0.39, 0.29) is 5.91 Å². The molecule has 0 saturated heterocycles. The van der Waals surface area contributed by atoms with Gasteiger partial charge in [-0.2, -0.15) is 0 Å². The van der Waals surface area contributed by atoms with Gasteiger partial charge in [-0.1, -0.05) is 44.5 Å². The van der Waals surface area contributed by atoms with Gasteiger partial charge in [0.25, 0.3) is 5.91 Å². The second-order valence-corrected chi connectivity index (χ2v) is 9.73. The number of hydrogen-bond donors (Lipinski definition) is 1. The van der Waals surface area contributed by atoms with E-state index in [1.807, 2.05) is 24.3 Å². The van der Waals surface area contributed by atoms with Crippen LogP contribution in [0.1, 0.15) is 71.0 Å². The van der Waals surface area contributed by atoms with Gasteiger partial charge in [-0.15, -0.1) is 0 Å². The SMILES string of the molecule is CCCCN(CC)Cc1ccc(CNC(=O)c2ccc3c(c2)c(C)c(C)n3Cc2ccccc2C)o1. The summed E-state index contributed by atoms with van der Waals surface area (Å²) in [6.45, 7) is 14.9. The number of fused-ring (bicyclic) bond motifs is 1. The molecule has 36 heavy (non-hydrogen) atoms. The maximum atomic E-state index is 13.0. The zero-order valence-electron chi connectivity index (χ0n) is 22.4. The molecule has 2 aromatic carbocycles. The fourth-order valence-corrected chi connectivity index (χ4v) is 4.78. The van der Waals surface area contributed by atoms with Crippen molar-refractivity contribution < 1.29 is 9.21 Å². The van der Waals surface area contributed by atoms with E-state index >= 15 is 0 Å². The van der Waals surface area contributed by atoms with Crippen LogP contribution in [0.3, 0.4) is 0 Å². The molecule has 0 unspecified atom stereocenters. The van der Waals surface area contributed by atoms with Crippen LogP contribution in [0.5, 0.6) is 0 Å². The molecule has 5 nitrogen and oxygen atoms in total. The molecule has 0 aliphatic carbocycles. The summed E-state index contributed by atoms with van der Waals surface area (Å²) >= 11 is 0. The lowest BCUT2D eigenvalue weighted by atomic mass is 10.1.